The summed E-state index contributed by atoms with van der Waals surface area (Å²) >= 11 is 5.32. The van der Waals surface area contributed by atoms with Crippen molar-refractivity contribution in [2.75, 3.05) is 39.3 Å². The minimum Gasteiger partial charge on any atom is -0.389 e. The molecule has 2 heterocycles. The molecule has 0 spiro atoms. The molecule has 1 saturated heterocycles. The molecule has 1 fully saturated rings. The number of aliphatic hydroxyl groups excluding tert-OH is 1. The highest BCUT2D eigenvalue weighted by Crippen LogP contribution is 2.23. The third kappa shape index (κ3) is 6.34. The van der Waals surface area contributed by atoms with Gasteiger partial charge >= 0.3 is 0 Å². The van der Waals surface area contributed by atoms with Gasteiger partial charge in [-0.05, 0) is 41.9 Å². The van der Waals surface area contributed by atoms with Crippen LogP contribution in [-0.2, 0) is 11.3 Å². The molecule has 1 aliphatic rings. The van der Waals surface area contributed by atoms with Crippen LogP contribution in [0.4, 0.5) is 0 Å². The Hall–Kier alpha value is 0.0200. The van der Waals surface area contributed by atoms with E-state index in [9.17, 15) is 5.11 Å². The average molecular weight is 377 g/mol. The van der Waals surface area contributed by atoms with Crippen LogP contribution in [0.25, 0.3) is 0 Å². The molecule has 1 aromatic heterocycles. The van der Waals surface area contributed by atoms with Crippen LogP contribution in [0.15, 0.2) is 15.9 Å². The maximum atomic E-state index is 9.97. The largest absolute Gasteiger partial charge is 0.389 e. The van der Waals surface area contributed by atoms with Crippen molar-refractivity contribution in [1.29, 1.82) is 0 Å². The van der Waals surface area contributed by atoms with Gasteiger partial charge in [0.2, 0.25) is 0 Å². The van der Waals surface area contributed by atoms with E-state index in [1.54, 1.807) is 11.3 Å². The fourth-order valence-electron chi connectivity index (χ4n) is 2.44. The quantitative estimate of drug-likeness (QED) is 0.792. The van der Waals surface area contributed by atoms with Gasteiger partial charge in [-0.2, -0.15) is 0 Å². The monoisotopic (exact) mass is 376 g/mol. The number of piperazine rings is 1. The van der Waals surface area contributed by atoms with Crippen LogP contribution in [0, 0.1) is 0 Å². The second-order valence-corrected chi connectivity index (χ2v) is 8.37. The molecule has 4 nitrogen and oxygen atoms in total. The summed E-state index contributed by atoms with van der Waals surface area (Å²) in [6.07, 6.45) is -0.200. The van der Waals surface area contributed by atoms with Gasteiger partial charge in [0.25, 0.3) is 0 Å². The van der Waals surface area contributed by atoms with Crippen molar-refractivity contribution in [3.8, 4) is 0 Å². The second-order valence-electron chi connectivity index (χ2n) is 5.82. The summed E-state index contributed by atoms with van der Waals surface area (Å²) in [5.74, 6) is 0. The lowest BCUT2D eigenvalue weighted by Gasteiger charge is -2.35. The lowest BCUT2D eigenvalue weighted by Crippen LogP contribution is -2.48. The first-order valence-electron chi connectivity index (χ1n) is 7.51. The zero-order valence-electron chi connectivity index (χ0n) is 12.8. The molecule has 120 valence electrons. The fourth-order valence-corrected chi connectivity index (χ4v) is 3.97. The van der Waals surface area contributed by atoms with Gasteiger partial charge < -0.3 is 9.84 Å². The molecular weight excluding hydrogens is 352 g/mol. The topological polar surface area (TPSA) is 35.9 Å². The lowest BCUT2D eigenvalue weighted by molar-refractivity contribution is -0.0148. The van der Waals surface area contributed by atoms with Crippen LogP contribution >= 0.6 is 27.3 Å². The minimum atomic E-state index is -0.382. The Labute approximate surface area is 139 Å². The highest BCUT2D eigenvalue weighted by molar-refractivity contribution is 9.11. The number of ether oxygens (including phenoxy) is 1. The molecule has 1 N–H and O–H groups in total. The molecule has 0 amide bonds. The molecule has 1 aromatic rings. The molecule has 6 heteroatoms. The van der Waals surface area contributed by atoms with Crippen molar-refractivity contribution in [3.05, 3.63) is 20.8 Å². The van der Waals surface area contributed by atoms with Crippen molar-refractivity contribution in [2.24, 2.45) is 0 Å². The molecule has 2 rings (SSSR count). The van der Waals surface area contributed by atoms with Gasteiger partial charge in [0, 0.05) is 44.1 Å². The molecule has 1 aliphatic heterocycles. The third-order valence-electron chi connectivity index (χ3n) is 3.56. The van der Waals surface area contributed by atoms with Crippen molar-refractivity contribution in [3.63, 3.8) is 0 Å². The number of halogens is 1. The third-order valence-corrected chi connectivity index (χ3v) is 5.17. The van der Waals surface area contributed by atoms with Crippen molar-refractivity contribution >= 4 is 27.3 Å². The normalized spacial score (nSPS) is 19.3. The zero-order chi connectivity index (χ0) is 15.2. The predicted octanol–water partition coefficient (Wildman–Crippen LogP) is 2.41. The highest BCUT2D eigenvalue weighted by atomic mass is 79.9. The summed E-state index contributed by atoms with van der Waals surface area (Å²) in [6.45, 7) is 10.3. The van der Waals surface area contributed by atoms with Crippen molar-refractivity contribution in [1.82, 2.24) is 9.80 Å². The summed E-state index contributed by atoms with van der Waals surface area (Å²) in [5, 5.41) is 9.97. The standard InChI is InChI=1S/C15H25BrN2O2S/c1-12(2)20-11-13(19)9-17-5-7-18(8-6-17)10-14-3-4-15(16)21-14/h3-4,12-13,19H,5-11H2,1-2H3. The molecule has 0 aromatic carbocycles. The van der Waals surface area contributed by atoms with E-state index in [0.29, 0.717) is 13.2 Å². The van der Waals surface area contributed by atoms with E-state index in [0.717, 1.165) is 32.7 Å². The van der Waals surface area contributed by atoms with Crippen molar-refractivity contribution in [2.45, 2.75) is 32.6 Å². The Kier molecular flexibility index (Phi) is 7.12. The SMILES string of the molecule is CC(C)OCC(O)CN1CCN(Cc2ccc(Br)s2)CC1. The summed E-state index contributed by atoms with van der Waals surface area (Å²) in [5.41, 5.74) is 0. The molecule has 0 saturated carbocycles. The Morgan fingerprint density at radius 1 is 1.24 bits per heavy atom. The van der Waals surface area contributed by atoms with Gasteiger partial charge in [0.05, 0.1) is 22.6 Å². The number of β-amino-alcohol motifs (C(OH)–C–C–N with tert-alkyl or cyclic N) is 1. The Balaban J connectivity index is 1.66. The minimum absolute atomic E-state index is 0.182. The number of nitrogens with zero attached hydrogens (tertiary/aromatic N) is 2. The molecule has 1 unspecified atom stereocenters. The Morgan fingerprint density at radius 2 is 1.90 bits per heavy atom. The molecule has 1 atom stereocenters. The maximum Gasteiger partial charge on any atom is 0.0900 e. The lowest BCUT2D eigenvalue weighted by atomic mass is 10.2. The smallest absolute Gasteiger partial charge is 0.0900 e. The van der Waals surface area contributed by atoms with Crippen LogP contribution in [0.5, 0.6) is 0 Å². The van der Waals surface area contributed by atoms with Gasteiger partial charge in [-0.1, -0.05) is 0 Å². The number of hydrogen-bond donors (Lipinski definition) is 1. The van der Waals surface area contributed by atoms with Gasteiger partial charge in [-0.15, -0.1) is 11.3 Å². The predicted molar refractivity (Wildman–Crippen MR) is 90.8 cm³/mol. The molecule has 0 radical (unpaired) electrons. The van der Waals surface area contributed by atoms with E-state index in [1.165, 1.54) is 8.66 Å². The van der Waals surface area contributed by atoms with Crippen LogP contribution in [0.1, 0.15) is 18.7 Å². The zero-order valence-corrected chi connectivity index (χ0v) is 15.2. The van der Waals surface area contributed by atoms with E-state index in [2.05, 4.69) is 37.9 Å². The number of thiophene rings is 1. The Morgan fingerprint density at radius 3 is 2.48 bits per heavy atom. The number of rotatable bonds is 7. The van der Waals surface area contributed by atoms with Crippen LogP contribution in [0.3, 0.4) is 0 Å². The van der Waals surface area contributed by atoms with Crippen molar-refractivity contribution < 1.29 is 9.84 Å². The van der Waals surface area contributed by atoms with Gasteiger partial charge in [0.15, 0.2) is 0 Å². The first-order valence-corrected chi connectivity index (χ1v) is 9.12. The second kappa shape index (κ2) is 8.60. The highest BCUT2D eigenvalue weighted by Gasteiger charge is 2.19. The van der Waals surface area contributed by atoms with Gasteiger partial charge in [-0.25, -0.2) is 0 Å². The van der Waals surface area contributed by atoms with Gasteiger partial charge in [0.1, 0.15) is 0 Å². The summed E-state index contributed by atoms with van der Waals surface area (Å²) < 4.78 is 6.66. The average Bonchev–Trinajstić information content (AvgIpc) is 2.84. The van der Waals surface area contributed by atoms with Gasteiger partial charge in [-0.3, -0.25) is 9.80 Å². The molecule has 21 heavy (non-hydrogen) atoms. The van der Waals surface area contributed by atoms with Crippen LogP contribution in [0.2, 0.25) is 0 Å². The summed E-state index contributed by atoms with van der Waals surface area (Å²) in [6, 6.07) is 4.30. The van der Waals surface area contributed by atoms with Crippen LogP contribution < -0.4 is 0 Å². The fraction of sp³-hybridized carbons (Fsp3) is 0.733. The number of hydrogen-bond acceptors (Lipinski definition) is 5. The van der Waals surface area contributed by atoms with E-state index in [4.69, 9.17) is 4.74 Å². The van der Waals surface area contributed by atoms with Crippen LogP contribution in [-0.4, -0.2) is 66.4 Å². The van der Waals surface area contributed by atoms with E-state index >= 15 is 0 Å². The van der Waals surface area contributed by atoms with E-state index < -0.39 is 0 Å². The Bertz CT molecular complexity index is 420. The van der Waals surface area contributed by atoms with E-state index in [1.807, 2.05) is 13.8 Å². The maximum absolute atomic E-state index is 9.97. The molecule has 0 aliphatic carbocycles. The first kappa shape index (κ1) is 17.4. The number of aliphatic hydroxyl groups is 1. The summed E-state index contributed by atoms with van der Waals surface area (Å²) in [7, 11) is 0. The first-order chi connectivity index (χ1) is 10.0. The molecular formula is C15H25BrN2O2S. The summed E-state index contributed by atoms with van der Waals surface area (Å²) in [4.78, 5) is 6.21. The van der Waals surface area contributed by atoms with E-state index in [-0.39, 0.29) is 12.2 Å². The molecule has 0 bridgehead atoms.